The first-order valence-corrected chi connectivity index (χ1v) is 16.2. The molecular weight excluding hydrogens is 688 g/mol. The standard InChI is InChI=1S/C36H36O16/c1-12-29(45)31(47)32(48)36(49-12)51-25-10-16-19(40)11-23(44)27(35(16)52-33(25)13-2-4-17(38)20(41)6-13)28-26-22(43)8-15(37)9-24(26)50-34(30(28)46)14-3-5-18(39)21(42)7-14/h2-9,11-12,25,28-34,36-48H,10H2,1H3/t12-,25-,28-,29-,30-,31+,32+,33+,34+,36-/m0/s1. The minimum Gasteiger partial charge on any atom is -0.508 e. The predicted octanol–water partition coefficient (Wildman–Crippen LogP) is 1.85. The van der Waals surface area contributed by atoms with Crippen LogP contribution in [0.2, 0.25) is 0 Å². The summed E-state index contributed by atoms with van der Waals surface area (Å²) in [4.78, 5) is 0. The summed E-state index contributed by atoms with van der Waals surface area (Å²) in [7, 11) is 0. The van der Waals surface area contributed by atoms with Crippen LogP contribution in [0.4, 0.5) is 0 Å². The van der Waals surface area contributed by atoms with Crippen molar-refractivity contribution in [2.24, 2.45) is 0 Å². The lowest BCUT2D eigenvalue weighted by Crippen LogP contribution is -2.58. The first-order chi connectivity index (χ1) is 24.6. The number of rotatable bonds is 5. The molecular formula is C36H36O16. The smallest absolute Gasteiger partial charge is 0.187 e. The lowest BCUT2D eigenvalue weighted by Gasteiger charge is -2.43. The minimum atomic E-state index is -1.73. The maximum Gasteiger partial charge on any atom is 0.187 e. The summed E-state index contributed by atoms with van der Waals surface area (Å²) in [5, 5.41) is 128. The Kier molecular flexibility index (Phi) is 8.77. The number of hydrogen-bond donors (Lipinski definition) is 12. The Labute approximate surface area is 294 Å². The van der Waals surface area contributed by atoms with E-state index in [0.29, 0.717) is 0 Å². The van der Waals surface area contributed by atoms with Crippen LogP contribution in [0, 0.1) is 0 Å². The second kappa shape index (κ2) is 13.0. The Balaban J connectivity index is 1.38. The lowest BCUT2D eigenvalue weighted by atomic mass is 9.77. The van der Waals surface area contributed by atoms with E-state index in [2.05, 4.69) is 0 Å². The molecule has 0 saturated carbocycles. The molecule has 1 fully saturated rings. The summed E-state index contributed by atoms with van der Waals surface area (Å²) in [5.41, 5.74) is 0.123. The zero-order valence-corrected chi connectivity index (χ0v) is 27.2. The molecule has 0 bridgehead atoms. The van der Waals surface area contributed by atoms with Gasteiger partial charge in [-0.1, -0.05) is 12.1 Å². The number of phenols is 8. The van der Waals surface area contributed by atoms with Crippen molar-refractivity contribution in [2.45, 2.75) is 74.4 Å². The van der Waals surface area contributed by atoms with Gasteiger partial charge in [-0.15, -0.1) is 0 Å². The molecule has 276 valence electrons. The van der Waals surface area contributed by atoms with E-state index in [1.54, 1.807) is 0 Å². The van der Waals surface area contributed by atoms with E-state index in [4.69, 9.17) is 18.9 Å². The van der Waals surface area contributed by atoms with E-state index >= 15 is 0 Å². The largest absolute Gasteiger partial charge is 0.508 e. The van der Waals surface area contributed by atoms with Crippen molar-refractivity contribution in [3.05, 3.63) is 82.4 Å². The van der Waals surface area contributed by atoms with Crippen molar-refractivity contribution in [3.63, 3.8) is 0 Å². The Bertz CT molecular complexity index is 2020. The molecule has 3 aliphatic rings. The molecule has 0 aliphatic carbocycles. The van der Waals surface area contributed by atoms with Gasteiger partial charge < -0.3 is 80.2 Å². The number of benzene rings is 4. The van der Waals surface area contributed by atoms with E-state index in [1.165, 1.54) is 43.3 Å². The molecule has 7 rings (SSSR count). The Morgan fingerprint density at radius 2 is 1.19 bits per heavy atom. The molecule has 16 nitrogen and oxygen atoms in total. The summed E-state index contributed by atoms with van der Waals surface area (Å²) < 4.78 is 24.3. The van der Waals surface area contributed by atoms with Crippen LogP contribution in [0.3, 0.4) is 0 Å². The van der Waals surface area contributed by atoms with Gasteiger partial charge in [0.05, 0.1) is 12.0 Å². The number of aliphatic hydroxyl groups is 4. The number of aromatic hydroxyl groups is 8. The molecule has 0 spiro atoms. The number of phenolic OH excluding ortho intramolecular Hbond substituents is 8. The van der Waals surface area contributed by atoms with Crippen molar-refractivity contribution in [1.82, 2.24) is 0 Å². The highest BCUT2D eigenvalue weighted by atomic mass is 16.7. The summed E-state index contributed by atoms with van der Waals surface area (Å²) in [6, 6.07) is 10.6. The third-order valence-corrected chi connectivity index (χ3v) is 9.77. The predicted molar refractivity (Wildman–Crippen MR) is 175 cm³/mol. The van der Waals surface area contributed by atoms with Gasteiger partial charge in [0.1, 0.15) is 65.0 Å². The minimum absolute atomic E-state index is 0.0216. The highest BCUT2D eigenvalue weighted by Crippen LogP contribution is 2.57. The molecule has 4 aromatic rings. The molecule has 3 aliphatic heterocycles. The van der Waals surface area contributed by atoms with Crippen molar-refractivity contribution in [1.29, 1.82) is 0 Å². The van der Waals surface area contributed by atoms with Crippen LogP contribution in [-0.4, -0.2) is 104 Å². The SMILES string of the molecule is C[C@@H]1O[C@@H](O[C@H]2Cc3c(O)cc(O)c([C@@H]4c5c(O)cc(O)cc5O[C@H](c5ccc(O)c(O)c5)[C@H]4O)c3O[C@@H]2c2ccc(O)c(O)c2)[C@H](O)[C@H](O)[C@H]1O. The van der Waals surface area contributed by atoms with E-state index in [1.807, 2.05) is 0 Å². The van der Waals surface area contributed by atoms with Crippen molar-refractivity contribution >= 4 is 0 Å². The van der Waals surface area contributed by atoms with Gasteiger partial charge in [-0.3, -0.25) is 0 Å². The topological polar surface area (TPSA) is 280 Å². The summed E-state index contributed by atoms with van der Waals surface area (Å²) in [6.07, 6.45) is -13.0. The third kappa shape index (κ3) is 5.84. The Morgan fingerprint density at radius 3 is 1.83 bits per heavy atom. The highest BCUT2D eigenvalue weighted by molar-refractivity contribution is 5.66. The molecule has 52 heavy (non-hydrogen) atoms. The van der Waals surface area contributed by atoms with Crippen LogP contribution in [0.25, 0.3) is 0 Å². The molecule has 4 aromatic carbocycles. The van der Waals surface area contributed by atoms with Gasteiger partial charge in [-0.2, -0.15) is 0 Å². The molecule has 16 heteroatoms. The Hall–Kier alpha value is -5.36. The molecule has 0 unspecified atom stereocenters. The summed E-state index contributed by atoms with van der Waals surface area (Å²) >= 11 is 0. The first kappa shape index (κ1) is 35.1. The average molecular weight is 725 g/mol. The van der Waals surface area contributed by atoms with Crippen LogP contribution in [0.15, 0.2) is 54.6 Å². The van der Waals surface area contributed by atoms with E-state index < -0.39 is 107 Å². The second-order valence-electron chi connectivity index (χ2n) is 13.1. The van der Waals surface area contributed by atoms with E-state index in [-0.39, 0.29) is 45.7 Å². The first-order valence-electron chi connectivity index (χ1n) is 16.2. The van der Waals surface area contributed by atoms with Gasteiger partial charge in [0.25, 0.3) is 0 Å². The molecule has 1 saturated heterocycles. The fourth-order valence-electron chi connectivity index (χ4n) is 7.11. The maximum atomic E-state index is 12.0. The highest BCUT2D eigenvalue weighted by Gasteiger charge is 2.49. The van der Waals surface area contributed by atoms with Crippen LogP contribution in [0.1, 0.15) is 52.9 Å². The maximum absolute atomic E-state index is 12.0. The van der Waals surface area contributed by atoms with Crippen LogP contribution in [-0.2, 0) is 15.9 Å². The number of ether oxygens (including phenoxy) is 4. The second-order valence-corrected chi connectivity index (χ2v) is 13.1. The summed E-state index contributed by atoms with van der Waals surface area (Å²) in [5.74, 6) is -5.75. The fourth-order valence-corrected chi connectivity index (χ4v) is 7.11. The van der Waals surface area contributed by atoms with E-state index in [9.17, 15) is 61.3 Å². The monoisotopic (exact) mass is 724 g/mol. The third-order valence-electron chi connectivity index (χ3n) is 9.77. The van der Waals surface area contributed by atoms with Crippen LogP contribution >= 0.6 is 0 Å². The zero-order valence-electron chi connectivity index (χ0n) is 27.2. The van der Waals surface area contributed by atoms with Crippen molar-refractivity contribution < 1.29 is 80.2 Å². The zero-order chi connectivity index (χ0) is 37.3. The Morgan fingerprint density at radius 1 is 0.577 bits per heavy atom. The molecule has 12 N–H and O–H groups in total. The molecule has 0 aromatic heterocycles. The normalized spacial score (nSPS) is 29.7. The molecule has 0 amide bonds. The number of hydrogen-bond acceptors (Lipinski definition) is 16. The van der Waals surface area contributed by atoms with Crippen molar-refractivity contribution in [2.75, 3.05) is 0 Å². The van der Waals surface area contributed by atoms with Gasteiger partial charge in [0.15, 0.2) is 41.5 Å². The van der Waals surface area contributed by atoms with E-state index in [0.717, 1.165) is 18.2 Å². The molecule has 3 heterocycles. The van der Waals surface area contributed by atoms with Crippen molar-refractivity contribution in [3.8, 4) is 57.5 Å². The van der Waals surface area contributed by atoms with Gasteiger partial charge in [-0.25, -0.2) is 0 Å². The van der Waals surface area contributed by atoms with Crippen LogP contribution in [0.5, 0.6) is 57.5 Å². The quantitative estimate of drug-likeness (QED) is 0.131. The lowest BCUT2D eigenvalue weighted by molar-refractivity contribution is -0.310. The van der Waals surface area contributed by atoms with Gasteiger partial charge in [-0.05, 0) is 42.3 Å². The number of fused-ring (bicyclic) bond motifs is 2. The van der Waals surface area contributed by atoms with Gasteiger partial charge in [0.2, 0.25) is 0 Å². The summed E-state index contributed by atoms with van der Waals surface area (Å²) in [6.45, 7) is 1.46. The average Bonchev–Trinajstić information content (AvgIpc) is 3.09. The fraction of sp³-hybridized carbons (Fsp3) is 0.333. The van der Waals surface area contributed by atoms with Crippen LogP contribution < -0.4 is 9.47 Å². The number of aliphatic hydroxyl groups excluding tert-OH is 4. The van der Waals surface area contributed by atoms with Gasteiger partial charge in [0, 0.05) is 41.3 Å². The van der Waals surface area contributed by atoms with Gasteiger partial charge >= 0.3 is 0 Å². The molecule has 0 radical (unpaired) electrons. The molecule has 10 atom stereocenters.